The minimum atomic E-state index is -1.75. The second kappa shape index (κ2) is 9.60. The van der Waals surface area contributed by atoms with Crippen LogP contribution in [0.3, 0.4) is 0 Å². The Morgan fingerprint density at radius 1 is 0.914 bits per heavy atom. The summed E-state index contributed by atoms with van der Waals surface area (Å²) in [5.41, 5.74) is -0.569. The van der Waals surface area contributed by atoms with Crippen molar-refractivity contribution in [1.82, 2.24) is 0 Å². The zero-order valence-electron chi connectivity index (χ0n) is 18.6. The molecule has 0 unspecified atom stereocenters. The van der Waals surface area contributed by atoms with Gasteiger partial charge in [-0.1, -0.05) is 0 Å². The lowest BCUT2D eigenvalue weighted by molar-refractivity contribution is -0.277. The van der Waals surface area contributed by atoms with E-state index in [1.54, 1.807) is 0 Å². The first-order valence-corrected chi connectivity index (χ1v) is 10.4. The van der Waals surface area contributed by atoms with Crippen LogP contribution < -0.4 is 19.6 Å². The van der Waals surface area contributed by atoms with Gasteiger partial charge in [0.15, 0.2) is 28.3 Å². The normalized spacial score (nSPS) is 24.3. The average Bonchev–Trinajstić information content (AvgIpc) is 2.85. The van der Waals surface area contributed by atoms with Crippen molar-refractivity contribution < 1.29 is 54.0 Å². The van der Waals surface area contributed by atoms with E-state index >= 15 is 0 Å². The van der Waals surface area contributed by atoms with E-state index in [2.05, 4.69) is 0 Å². The lowest BCUT2D eigenvalue weighted by Crippen LogP contribution is -2.60. The van der Waals surface area contributed by atoms with Crippen molar-refractivity contribution in [3.8, 4) is 40.1 Å². The molecule has 1 aliphatic heterocycles. The van der Waals surface area contributed by atoms with E-state index in [9.17, 15) is 35.4 Å². The molecule has 12 nitrogen and oxygen atoms in total. The molecule has 188 valence electrons. The largest absolute Gasteiger partial charge is 0.507 e. The van der Waals surface area contributed by atoms with Gasteiger partial charge < -0.3 is 54.0 Å². The molecule has 2 heterocycles. The Kier molecular flexibility index (Phi) is 6.74. The van der Waals surface area contributed by atoms with Crippen LogP contribution in [0.2, 0.25) is 0 Å². The highest BCUT2D eigenvalue weighted by atomic mass is 16.7. The van der Waals surface area contributed by atoms with Gasteiger partial charge in [-0.05, 0) is 18.2 Å². The van der Waals surface area contributed by atoms with Crippen molar-refractivity contribution in [2.75, 3.05) is 20.8 Å². The van der Waals surface area contributed by atoms with E-state index in [1.165, 1.54) is 32.4 Å². The number of hydrogen-bond donors (Lipinski definition) is 6. The highest BCUT2D eigenvalue weighted by Gasteiger charge is 2.45. The first-order valence-electron chi connectivity index (χ1n) is 10.4. The fourth-order valence-corrected chi connectivity index (χ4v) is 3.79. The van der Waals surface area contributed by atoms with Crippen molar-refractivity contribution in [3.63, 3.8) is 0 Å². The molecule has 0 radical (unpaired) electrons. The van der Waals surface area contributed by atoms with Gasteiger partial charge in [0.2, 0.25) is 12.0 Å². The number of benzene rings is 2. The van der Waals surface area contributed by atoms with E-state index in [0.29, 0.717) is 5.56 Å². The average molecular weight is 492 g/mol. The Morgan fingerprint density at radius 3 is 2.29 bits per heavy atom. The standard InChI is InChI=1S/C23H24O12/c1-31-14-5-9(3-4-10(14)25)13-6-11(26)17-12(27)7-15(32-2)21(22(17)33-13)35-23-20(30)19(29)18(28)16(8-24)34-23/h3-7,16,18-20,23-25,27-30H,8H2,1-2H3/t16-,18-,19+,20-,23+/m1/s1. The van der Waals surface area contributed by atoms with E-state index in [1.807, 2.05) is 0 Å². The smallest absolute Gasteiger partial charge is 0.229 e. The van der Waals surface area contributed by atoms with Crippen LogP contribution in [0, 0.1) is 0 Å². The van der Waals surface area contributed by atoms with Crippen molar-refractivity contribution in [1.29, 1.82) is 0 Å². The number of rotatable bonds is 6. The lowest BCUT2D eigenvalue weighted by atomic mass is 9.99. The zero-order chi connectivity index (χ0) is 25.4. The van der Waals surface area contributed by atoms with Gasteiger partial charge in [0.1, 0.15) is 41.3 Å². The topological polar surface area (TPSA) is 189 Å². The Balaban J connectivity index is 1.88. The molecular formula is C23H24O12. The quantitative estimate of drug-likeness (QED) is 0.272. The van der Waals surface area contributed by atoms with Gasteiger partial charge in [-0.25, -0.2) is 0 Å². The summed E-state index contributed by atoms with van der Waals surface area (Å²) < 4.78 is 27.4. The molecule has 35 heavy (non-hydrogen) atoms. The molecule has 0 bridgehead atoms. The molecule has 1 saturated heterocycles. The number of methoxy groups -OCH3 is 2. The number of phenolic OH excluding ortho intramolecular Hbond substituents is 2. The molecule has 6 N–H and O–H groups in total. The molecule has 3 aromatic rings. The molecular weight excluding hydrogens is 468 g/mol. The van der Waals surface area contributed by atoms with Gasteiger partial charge in [-0.3, -0.25) is 4.79 Å². The highest BCUT2D eigenvalue weighted by molar-refractivity contribution is 5.91. The maximum Gasteiger partial charge on any atom is 0.229 e. The van der Waals surface area contributed by atoms with Gasteiger partial charge in [0.25, 0.3) is 0 Å². The van der Waals surface area contributed by atoms with Crippen LogP contribution in [0.25, 0.3) is 22.3 Å². The second-order valence-corrected chi connectivity index (χ2v) is 7.81. The summed E-state index contributed by atoms with van der Waals surface area (Å²) >= 11 is 0. The van der Waals surface area contributed by atoms with E-state index in [4.69, 9.17) is 23.4 Å². The predicted molar refractivity (Wildman–Crippen MR) is 119 cm³/mol. The van der Waals surface area contributed by atoms with Crippen LogP contribution in [-0.4, -0.2) is 82.2 Å². The molecule has 0 saturated carbocycles. The van der Waals surface area contributed by atoms with Gasteiger partial charge in [0, 0.05) is 17.7 Å². The number of phenols is 2. The van der Waals surface area contributed by atoms with Crippen LogP contribution in [0.1, 0.15) is 0 Å². The second-order valence-electron chi connectivity index (χ2n) is 7.81. The van der Waals surface area contributed by atoms with E-state index < -0.39 is 48.5 Å². The van der Waals surface area contributed by atoms with Crippen LogP contribution in [0.15, 0.2) is 39.5 Å². The molecule has 4 rings (SSSR count). The Labute approximate surface area is 197 Å². The van der Waals surface area contributed by atoms with Gasteiger partial charge >= 0.3 is 0 Å². The summed E-state index contributed by atoms with van der Waals surface area (Å²) in [4.78, 5) is 12.9. The first-order chi connectivity index (χ1) is 16.7. The number of aromatic hydroxyl groups is 2. The summed E-state index contributed by atoms with van der Waals surface area (Å²) in [7, 11) is 2.61. The van der Waals surface area contributed by atoms with Gasteiger partial charge in [-0.2, -0.15) is 0 Å². The summed E-state index contributed by atoms with van der Waals surface area (Å²) in [6.07, 6.45) is -7.94. The number of fused-ring (bicyclic) bond motifs is 1. The van der Waals surface area contributed by atoms with Crippen molar-refractivity contribution >= 4 is 11.0 Å². The molecule has 5 atom stereocenters. The summed E-state index contributed by atoms with van der Waals surface area (Å²) in [5, 5.41) is 60.0. The SMILES string of the molecule is COc1cc(-c2cc(=O)c3c(O)cc(OC)c(O[C@@H]4O[C@H](CO)[C@@H](O)[C@H](O)[C@H]4O)c3o2)ccc1O. The fourth-order valence-electron chi connectivity index (χ4n) is 3.79. The maximum absolute atomic E-state index is 12.9. The van der Waals surface area contributed by atoms with Crippen molar-refractivity contribution in [3.05, 3.63) is 40.6 Å². The molecule has 1 aliphatic rings. The Bertz CT molecular complexity index is 1280. The van der Waals surface area contributed by atoms with Crippen LogP contribution in [0.5, 0.6) is 28.7 Å². The number of ether oxygens (including phenoxy) is 4. The third-order valence-electron chi connectivity index (χ3n) is 5.67. The molecule has 0 aliphatic carbocycles. The van der Waals surface area contributed by atoms with Crippen LogP contribution in [-0.2, 0) is 4.74 Å². The zero-order valence-corrected chi connectivity index (χ0v) is 18.6. The summed E-state index contributed by atoms with van der Waals surface area (Å²) in [5.74, 6) is -0.819. The van der Waals surface area contributed by atoms with Crippen molar-refractivity contribution in [2.45, 2.75) is 30.7 Å². The van der Waals surface area contributed by atoms with Crippen molar-refractivity contribution in [2.24, 2.45) is 0 Å². The lowest BCUT2D eigenvalue weighted by Gasteiger charge is -2.39. The first kappa shape index (κ1) is 24.6. The number of aliphatic hydroxyl groups is 4. The molecule has 1 aromatic heterocycles. The maximum atomic E-state index is 12.9. The molecule has 0 spiro atoms. The van der Waals surface area contributed by atoms with Gasteiger partial charge in [0.05, 0.1) is 20.8 Å². The van der Waals surface area contributed by atoms with Crippen LogP contribution >= 0.6 is 0 Å². The summed E-state index contributed by atoms with van der Waals surface area (Å²) in [6.45, 7) is -0.680. The highest BCUT2D eigenvalue weighted by Crippen LogP contribution is 2.43. The third-order valence-corrected chi connectivity index (χ3v) is 5.67. The van der Waals surface area contributed by atoms with Crippen LogP contribution in [0.4, 0.5) is 0 Å². The Morgan fingerprint density at radius 2 is 1.63 bits per heavy atom. The predicted octanol–water partition coefficient (Wildman–Crippen LogP) is 0.0671. The Hall–Kier alpha value is -3.55. The third kappa shape index (κ3) is 4.33. The van der Waals surface area contributed by atoms with Gasteiger partial charge in [-0.15, -0.1) is 0 Å². The van der Waals surface area contributed by atoms with E-state index in [-0.39, 0.29) is 39.7 Å². The summed E-state index contributed by atoms with van der Waals surface area (Å²) in [6, 6.07) is 6.46. The number of hydrogen-bond acceptors (Lipinski definition) is 12. The molecule has 2 aromatic carbocycles. The molecule has 12 heteroatoms. The minimum absolute atomic E-state index is 0.0205. The number of aliphatic hydroxyl groups excluding tert-OH is 4. The molecule has 1 fully saturated rings. The minimum Gasteiger partial charge on any atom is -0.507 e. The molecule has 0 amide bonds. The van der Waals surface area contributed by atoms with E-state index in [0.717, 1.165) is 12.1 Å². The fraction of sp³-hybridized carbons (Fsp3) is 0.348. The monoisotopic (exact) mass is 492 g/mol.